The normalized spacial score (nSPS) is 16.8. The van der Waals surface area contributed by atoms with Gasteiger partial charge in [0.15, 0.2) is 5.76 Å². The van der Waals surface area contributed by atoms with E-state index in [0.29, 0.717) is 18.0 Å². The molecule has 6 heteroatoms. The van der Waals surface area contributed by atoms with E-state index in [0.717, 1.165) is 24.1 Å². The van der Waals surface area contributed by atoms with Gasteiger partial charge in [0.2, 0.25) is 0 Å². The van der Waals surface area contributed by atoms with E-state index in [4.69, 9.17) is 4.52 Å². The first-order valence-electron chi connectivity index (χ1n) is 8.66. The maximum Gasteiger partial charge on any atom is 0.261 e. The highest BCUT2D eigenvalue weighted by Crippen LogP contribution is 2.33. The zero-order chi connectivity index (χ0) is 18.1. The second-order valence-electron chi connectivity index (χ2n) is 6.51. The molecule has 2 aromatic heterocycles. The van der Waals surface area contributed by atoms with E-state index in [-0.39, 0.29) is 23.1 Å². The standard InChI is InChI=1S/C20H19N3O3/c1-13-12-18(26-22-13)17-8-5-11-23(17)20(25)15-9-10-16(21-19(15)24)14-6-3-2-4-7-14/h2-4,6-7,9-10,12,17H,5,8,11H2,1H3,(H,21,24)/t17-/m0/s1. The number of amides is 1. The summed E-state index contributed by atoms with van der Waals surface area (Å²) in [6, 6.07) is 14.6. The van der Waals surface area contributed by atoms with Gasteiger partial charge in [-0.2, -0.15) is 0 Å². The average molecular weight is 349 g/mol. The van der Waals surface area contributed by atoms with Gasteiger partial charge in [0, 0.05) is 18.3 Å². The summed E-state index contributed by atoms with van der Waals surface area (Å²) in [7, 11) is 0. The fourth-order valence-electron chi connectivity index (χ4n) is 3.43. The number of benzene rings is 1. The lowest BCUT2D eigenvalue weighted by molar-refractivity contribution is 0.0713. The zero-order valence-corrected chi connectivity index (χ0v) is 14.4. The van der Waals surface area contributed by atoms with E-state index >= 15 is 0 Å². The van der Waals surface area contributed by atoms with Crippen LogP contribution in [0.1, 0.15) is 40.7 Å². The number of aryl methyl sites for hydroxylation is 1. The number of nitrogens with one attached hydrogen (secondary N) is 1. The quantitative estimate of drug-likeness (QED) is 0.787. The second-order valence-corrected chi connectivity index (χ2v) is 6.51. The van der Waals surface area contributed by atoms with Crippen LogP contribution < -0.4 is 5.56 Å². The zero-order valence-electron chi connectivity index (χ0n) is 14.4. The highest BCUT2D eigenvalue weighted by molar-refractivity contribution is 5.94. The van der Waals surface area contributed by atoms with Crippen LogP contribution in [0.4, 0.5) is 0 Å². The van der Waals surface area contributed by atoms with Crippen molar-refractivity contribution in [3.05, 3.63) is 75.9 Å². The molecule has 1 aromatic carbocycles. The van der Waals surface area contributed by atoms with Gasteiger partial charge in [-0.1, -0.05) is 35.5 Å². The summed E-state index contributed by atoms with van der Waals surface area (Å²) in [6.45, 7) is 2.45. The monoisotopic (exact) mass is 349 g/mol. The molecular formula is C20H19N3O3. The number of aromatic nitrogens is 2. The molecule has 0 unspecified atom stereocenters. The number of pyridine rings is 1. The minimum Gasteiger partial charge on any atom is -0.359 e. The predicted octanol–water partition coefficient (Wildman–Crippen LogP) is 3.32. The van der Waals surface area contributed by atoms with Crippen LogP contribution in [0.2, 0.25) is 0 Å². The molecule has 0 bridgehead atoms. The number of rotatable bonds is 3. The number of carbonyl (C=O) groups is 1. The van der Waals surface area contributed by atoms with E-state index in [1.54, 1.807) is 17.0 Å². The van der Waals surface area contributed by atoms with E-state index in [2.05, 4.69) is 10.1 Å². The molecule has 4 rings (SSSR count). The molecule has 1 N–H and O–H groups in total. The first-order chi connectivity index (χ1) is 12.6. The van der Waals surface area contributed by atoms with Crippen molar-refractivity contribution in [3.63, 3.8) is 0 Å². The highest BCUT2D eigenvalue weighted by atomic mass is 16.5. The van der Waals surface area contributed by atoms with E-state index in [1.165, 1.54) is 0 Å². The number of hydrogen-bond donors (Lipinski definition) is 1. The van der Waals surface area contributed by atoms with Crippen molar-refractivity contribution < 1.29 is 9.32 Å². The summed E-state index contributed by atoms with van der Waals surface area (Å²) in [5.74, 6) is 0.396. The number of H-pyrrole nitrogens is 1. The van der Waals surface area contributed by atoms with Crippen LogP contribution in [-0.4, -0.2) is 27.5 Å². The summed E-state index contributed by atoms with van der Waals surface area (Å²) < 4.78 is 5.34. The molecule has 1 aliphatic rings. The molecule has 0 radical (unpaired) electrons. The Bertz CT molecular complexity index is 991. The smallest absolute Gasteiger partial charge is 0.261 e. The van der Waals surface area contributed by atoms with Crippen molar-refractivity contribution in [3.8, 4) is 11.3 Å². The van der Waals surface area contributed by atoms with Crippen molar-refractivity contribution in [1.29, 1.82) is 0 Å². The third-order valence-electron chi connectivity index (χ3n) is 4.71. The van der Waals surface area contributed by atoms with Crippen molar-refractivity contribution >= 4 is 5.91 Å². The Morgan fingerprint density at radius 2 is 2.04 bits per heavy atom. The number of nitrogens with zero attached hydrogens (tertiary/aromatic N) is 2. The molecule has 6 nitrogen and oxygen atoms in total. The fourth-order valence-corrected chi connectivity index (χ4v) is 3.43. The molecule has 1 atom stereocenters. The molecular weight excluding hydrogens is 330 g/mol. The summed E-state index contributed by atoms with van der Waals surface area (Å²) in [4.78, 5) is 30.0. The summed E-state index contributed by atoms with van der Waals surface area (Å²) in [6.07, 6.45) is 1.68. The van der Waals surface area contributed by atoms with Crippen LogP contribution in [-0.2, 0) is 0 Å². The van der Waals surface area contributed by atoms with Gasteiger partial charge >= 0.3 is 0 Å². The van der Waals surface area contributed by atoms with Crippen molar-refractivity contribution in [2.75, 3.05) is 6.54 Å². The third-order valence-corrected chi connectivity index (χ3v) is 4.71. The Morgan fingerprint density at radius 1 is 1.23 bits per heavy atom. The maximum atomic E-state index is 12.9. The Kier molecular flexibility index (Phi) is 4.16. The minimum absolute atomic E-state index is 0.146. The first-order valence-corrected chi connectivity index (χ1v) is 8.66. The van der Waals surface area contributed by atoms with Crippen molar-refractivity contribution in [2.24, 2.45) is 0 Å². The Morgan fingerprint density at radius 3 is 2.73 bits per heavy atom. The van der Waals surface area contributed by atoms with Crippen molar-refractivity contribution in [1.82, 2.24) is 15.0 Å². The molecule has 1 amide bonds. The van der Waals surface area contributed by atoms with Gasteiger partial charge in [-0.25, -0.2) is 0 Å². The molecule has 0 spiro atoms. The molecule has 0 aliphatic carbocycles. The molecule has 132 valence electrons. The average Bonchev–Trinajstić information content (AvgIpc) is 3.30. The lowest BCUT2D eigenvalue weighted by Crippen LogP contribution is -2.34. The van der Waals surface area contributed by atoms with Crippen LogP contribution in [0.3, 0.4) is 0 Å². The second kappa shape index (κ2) is 6.63. The Balaban J connectivity index is 1.63. The molecule has 26 heavy (non-hydrogen) atoms. The van der Waals surface area contributed by atoms with Crippen LogP contribution >= 0.6 is 0 Å². The fraction of sp³-hybridized carbons (Fsp3) is 0.250. The van der Waals surface area contributed by atoms with E-state index in [9.17, 15) is 9.59 Å². The van der Waals surface area contributed by atoms with Gasteiger partial charge < -0.3 is 14.4 Å². The maximum absolute atomic E-state index is 12.9. The van der Waals surface area contributed by atoms with E-state index in [1.807, 2.05) is 43.3 Å². The third kappa shape index (κ3) is 2.94. The number of likely N-dealkylation sites (tertiary alicyclic amines) is 1. The lowest BCUT2D eigenvalue weighted by Gasteiger charge is -2.22. The van der Waals surface area contributed by atoms with Gasteiger partial charge in [0.1, 0.15) is 5.56 Å². The number of carbonyl (C=O) groups excluding carboxylic acids is 1. The molecule has 1 fully saturated rings. The van der Waals surface area contributed by atoms with Gasteiger partial charge in [-0.15, -0.1) is 0 Å². The summed E-state index contributed by atoms with van der Waals surface area (Å²) >= 11 is 0. The van der Waals surface area contributed by atoms with Crippen LogP contribution in [0.5, 0.6) is 0 Å². The van der Waals surface area contributed by atoms with E-state index < -0.39 is 0 Å². The molecule has 0 saturated carbocycles. The van der Waals surface area contributed by atoms with Crippen LogP contribution in [0.15, 0.2) is 57.8 Å². The highest BCUT2D eigenvalue weighted by Gasteiger charge is 2.34. The number of aromatic amines is 1. The topological polar surface area (TPSA) is 79.2 Å². The minimum atomic E-state index is -0.379. The lowest BCUT2D eigenvalue weighted by atomic mass is 10.1. The number of hydrogen-bond acceptors (Lipinski definition) is 4. The van der Waals surface area contributed by atoms with Gasteiger partial charge in [-0.05, 0) is 37.5 Å². The largest absolute Gasteiger partial charge is 0.359 e. The Hall–Kier alpha value is -3.15. The van der Waals surface area contributed by atoms with Gasteiger partial charge in [0.05, 0.1) is 11.7 Å². The molecule has 3 heterocycles. The summed E-state index contributed by atoms with van der Waals surface area (Å²) in [5.41, 5.74) is 2.14. The predicted molar refractivity (Wildman–Crippen MR) is 96.8 cm³/mol. The molecule has 3 aromatic rings. The SMILES string of the molecule is Cc1cc([C@@H]2CCCN2C(=O)c2ccc(-c3ccccc3)[nH]c2=O)on1. The first kappa shape index (κ1) is 16.3. The van der Waals surface area contributed by atoms with Crippen LogP contribution in [0.25, 0.3) is 11.3 Å². The Labute approximate surface area is 150 Å². The van der Waals surface area contributed by atoms with Gasteiger partial charge in [0.25, 0.3) is 11.5 Å². The molecule has 1 aliphatic heterocycles. The summed E-state index contributed by atoms with van der Waals surface area (Å²) in [5, 5.41) is 3.91. The van der Waals surface area contributed by atoms with Crippen LogP contribution in [0, 0.1) is 6.92 Å². The molecule has 1 saturated heterocycles. The van der Waals surface area contributed by atoms with Crippen molar-refractivity contribution in [2.45, 2.75) is 25.8 Å². The van der Waals surface area contributed by atoms with Gasteiger partial charge in [-0.3, -0.25) is 9.59 Å².